The molecule has 122 valence electrons. The molecule has 0 unspecified atom stereocenters. The molecule has 2 rings (SSSR count). The molecule has 0 saturated carbocycles. The number of hydrogen-bond acceptors (Lipinski definition) is 4. The maximum atomic E-state index is 12.3. The molecule has 0 aliphatic rings. The third-order valence-corrected chi connectivity index (χ3v) is 3.68. The van der Waals surface area contributed by atoms with Gasteiger partial charge in [0.2, 0.25) is 0 Å². The maximum Gasteiger partial charge on any atom is 0.262 e. The number of aromatic hydroxyl groups is 2. The van der Waals surface area contributed by atoms with Crippen LogP contribution < -0.4 is 5.32 Å². The third kappa shape index (κ3) is 4.06. The minimum Gasteiger partial charge on any atom is -0.504 e. The number of hydrogen-bond donors (Lipinski definition) is 3. The molecule has 0 radical (unpaired) electrons. The van der Waals surface area contributed by atoms with Crippen LogP contribution >= 0.6 is 11.6 Å². The van der Waals surface area contributed by atoms with Gasteiger partial charge < -0.3 is 15.5 Å². The lowest BCUT2D eigenvalue weighted by atomic mass is 10.1. The molecule has 5 nitrogen and oxygen atoms in total. The summed E-state index contributed by atoms with van der Waals surface area (Å²) in [6, 6.07) is 13.5. The Morgan fingerprint density at radius 2 is 1.96 bits per heavy atom. The standard InChI is InChI=1S/C18H15ClN2O3/c1-11(13-5-3-2-4-6-13)21-18(24)14(10-20)7-12-8-15(19)17(23)16(22)9-12/h2-9,11,22-23H,1H3,(H,21,24)/b14-7+/t11-/m1/s1. The molecule has 1 amide bonds. The smallest absolute Gasteiger partial charge is 0.262 e. The highest BCUT2D eigenvalue weighted by molar-refractivity contribution is 6.32. The van der Waals surface area contributed by atoms with Crippen molar-refractivity contribution in [1.29, 1.82) is 5.26 Å². The number of benzene rings is 2. The van der Waals surface area contributed by atoms with Crippen molar-refractivity contribution in [2.75, 3.05) is 0 Å². The van der Waals surface area contributed by atoms with Crippen LogP contribution in [0.5, 0.6) is 11.5 Å². The van der Waals surface area contributed by atoms with Crippen molar-refractivity contribution >= 4 is 23.6 Å². The average Bonchev–Trinajstić information content (AvgIpc) is 2.58. The third-order valence-electron chi connectivity index (χ3n) is 3.39. The molecular weight excluding hydrogens is 328 g/mol. The highest BCUT2D eigenvalue weighted by Crippen LogP contribution is 2.34. The van der Waals surface area contributed by atoms with Gasteiger partial charge in [0, 0.05) is 0 Å². The van der Waals surface area contributed by atoms with Gasteiger partial charge in [-0.05, 0) is 36.3 Å². The predicted octanol–water partition coefficient (Wildman–Crippen LogP) is 3.54. The van der Waals surface area contributed by atoms with E-state index in [2.05, 4.69) is 5.32 Å². The van der Waals surface area contributed by atoms with E-state index in [1.54, 1.807) is 0 Å². The summed E-state index contributed by atoms with van der Waals surface area (Å²) >= 11 is 5.77. The molecule has 2 aromatic rings. The normalized spacial score (nSPS) is 12.3. The minimum absolute atomic E-state index is 0.0726. The quantitative estimate of drug-likeness (QED) is 0.450. The molecule has 24 heavy (non-hydrogen) atoms. The second kappa shape index (κ2) is 7.53. The molecule has 0 fully saturated rings. The van der Waals surface area contributed by atoms with Crippen LogP contribution in [0.2, 0.25) is 5.02 Å². The molecule has 0 bridgehead atoms. The zero-order valence-corrected chi connectivity index (χ0v) is 13.6. The van der Waals surface area contributed by atoms with Gasteiger partial charge in [0.05, 0.1) is 11.1 Å². The van der Waals surface area contributed by atoms with Gasteiger partial charge in [0.15, 0.2) is 11.5 Å². The van der Waals surface area contributed by atoms with Crippen molar-refractivity contribution in [3.63, 3.8) is 0 Å². The van der Waals surface area contributed by atoms with E-state index in [1.807, 2.05) is 43.3 Å². The van der Waals surface area contributed by atoms with Gasteiger partial charge in [-0.3, -0.25) is 4.79 Å². The molecule has 0 aromatic heterocycles. The van der Waals surface area contributed by atoms with E-state index in [1.165, 1.54) is 18.2 Å². The first-order chi connectivity index (χ1) is 11.4. The first kappa shape index (κ1) is 17.4. The SMILES string of the molecule is C[C@@H](NC(=O)/C(C#N)=C/c1cc(O)c(O)c(Cl)c1)c1ccccc1. The van der Waals surface area contributed by atoms with Crippen molar-refractivity contribution < 1.29 is 15.0 Å². The summed E-state index contributed by atoms with van der Waals surface area (Å²) in [5, 5.41) is 30.9. The Kier molecular flexibility index (Phi) is 5.46. The fourth-order valence-electron chi connectivity index (χ4n) is 2.10. The van der Waals surface area contributed by atoms with Gasteiger partial charge in [-0.1, -0.05) is 41.9 Å². The molecule has 2 aromatic carbocycles. The largest absolute Gasteiger partial charge is 0.504 e. The molecule has 0 saturated heterocycles. The van der Waals surface area contributed by atoms with E-state index in [0.29, 0.717) is 5.56 Å². The molecule has 0 heterocycles. The van der Waals surface area contributed by atoms with Crippen molar-refractivity contribution in [2.24, 2.45) is 0 Å². The Morgan fingerprint density at radius 3 is 2.54 bits per heavy atom. The lowest BCUT2D eigenvalue weighted by Crippen LogP contribution is -2.27. The molecule has 0 aliphatic carbocycles. The number of phenols is 2. The lowest BCUT2D eigenvalue weighted by molar-refractivity contribution is -0.117. The summed E-state index contributed by atoms with van der Waals surface area (Å²) in [5.74, 6) is -1.42. The zero-order chi connectivity index (χ0) is 17.7. The topological polar surface area (TPSA) is 93.4 Å². The summed E-state index contributed by atoms with van der Waals surface area (Å²) in [4.78, 5) is 12.3. The van der Waals surface area contributed by atoms with Crippen LogP contribution in [-0.2, 0) is 4.79 Å². The molecule has 0 aliphatic heterocycles. The van der Waals surface area contributed by atoms with Crippen molar-refractivity contribution in [3.8, 4) is 17.6 Å². The van der Waals surface area contributed by atoms with E-state index < -0.39 is 17.4 Å². The second-order valence-electron chi connectivity index (χ2n) is 5.15. The van der Waals surface area contributed by atoms with Gasteiger partial charge in [-0.2, -0.15) is 5.26 Å². The average molecular weight is 343 g/mol. The molecule has 3 N–H and O–H groups in total. The summed E-state index contributed by atoms with van der Waals surface area (Å²) in [7, 11) is 0. The number of rotatable bonds is 4. The summed E-state index contributed by atoms with van der Waals surface area (Å²) in [5.41, 5.74) is 1.10. The Balaban J connectivity index is 2.22. The van der Waals surface area contributed by atoms with Crippen LogP contribution in [0.15, 0.2) is 48.0 Å². The van der Waals surface area contributed by atoms with Crippen LogP contribution in [0.1, 0.15) is 24.1 Å². The monoisotopic (exact) mass is 342 g/mol. The Labute approximate surface area is 144 Å². The van der Waals surface area contributed by atoms with E-state index in [-0.39, 0.29) is 16.6 Å². The highest BCUT2D eigenvalue weighted by Gasteiger charge is 2.14. The lowest BCUT2D eigenvalue weighted by Gasteiger charge is -2.13. The first-order valence-electron chi connectivity index (χ1n) is 7.11. The van der Waals surface area contributed by atoms with Gasteiger partial charge in [0.1, 0.15) is 11.6 Å². The van der Waals surface area contributed by atoms with Crippen LogP contribution in [0.25, 0.3) is 6.08 Å². The number of phenolic OH excluding ortho intramolecular Hbond substituents is 2. The van der Waals surface area contributed by atoms with Gasteiger partial charge >= 0.3 is 0 Å². The zero-order valence-electron chi connectivity index (χ0n) is 12.8. The number of carbonyl (C=O) groups is 1. The van der Waals surface area contributed by atoms with E-state index >= 15 is 0 Å². The van der Waals surface area contributed by atoms with Crippen LogP contribution in [-0.4, -0.2) is 16.1 Å². The Morgan fingerprint density at radius 1 is 1.29 bits per heavy atom. The maximum absolute atomic E-state index is 12.3. The number of nitrogens with one attached hydrogen (secondary N) is 1. The summed E-state index contributed by atoms with van der Waals surface area (Å²) in [6.45, 7) is 1.81. The van der Waals surface area contributed by atoms with E-state index in [4.69, 9.17) is 11.6 Å². The number of nitriles is 1. The Bertz CT molecular complexity index is 803. The van der Waals surface area contributed by atoms with Gasteiger partial charge in [0.25, 0.3) is 5.91 Å². The highest BCUT2D eigenvalue weighted by atomic mass is 35.5. The number of carbonyl (C=O) groups excluding carboxylic acids is 1. The van der Waals surface area contributed by atoms with Crippen LogP contribution in [0.4, 0.5) is 0 Å². The minimum atomic E-state index is -0.544. The van der Waals surface area contributed by atoms with Crippen LogP contribution in [0.3, 0.4) is 0 Å². The van der Waals surface area contributed by atoms with Crippen LogP contribution in [0, 0.1) is 11.3 Å². The summed E-state index contributed by atoms with van der Waals surface area (Å²) < 4.78 is 0. The van der Waals surface area contributed by atoms with Crippen molar-refractivity contribution in [3.05, 3.63) is 64.2 Å². The van der Waals surface area contributed by atoms with Crippen molar-refractivity contribution in [2.45, 2.75) is 13.0 Å². The Hall–Kier alpha value is -2.97. The summed E-state index contributed by atoms with van der Waals surface area (Å²) in [6.07, 6.45) is 1.29. The molecule has 6 heteroatoms. The fourth-order valence-corrected chi connectivity index (χ4v) is 2.33. The van der Waals surface area contributed by atoms with Crippen molar-refractivity contribution in [1.82, 2.24) is 5.32 Å². The molecule has 1 atom stereocenters. The van der Waals surface area contributed by atoms with Gasteiger partial charge in [-0.25, -0.2) is 0 Å². The second-order valence-corrected chi connectivity index (χ2v) is 5.55. The number of amides is 1. The molecular formula is C18H15ClN2O3. The van der Waals surface area contributed by atoms with E-state index in [9.17, 15) is 20.3 Å². The predicted molar refractivity (Wildman–Crippen MR) is 91.4 cm³/mol. The fraction of sp³-hybridized carbons (Fsp3) is 0.111. The first-order valence-corrected chi connectivity index (χ1v) is 7.49. The number of halogens is 1. The number of nitrogens with zero attached hydrogens (tertiary/aromatic N) is 1. The van der Waals surface area contributed by atoms with Gasteiger partial charge in [-0.15, -0.1) is 0 Å². The van der Waals surface area contributed by atoms with E-state index in [0.717, 1.165) is 5.56 Å². The molecule has 0 spiro atoms.